The van der Waals surface area contributed by atoms with Gasteiger partial charge in [0.05, 0.1) is 13.1 Å². The Labute approximate surface area is 106 Å². The summed E-state index contributed by atoms with van der Waals surface area (Å²) in [6.45, 7) is 0.160. The zero-order chi connectivity index (χ0) is 11.8. The van der Waals surface area contributed by atoms with E-state index in [1.807, 2.05) is 30.3 Å². The van der Waals surface area contributed by atoms with Crippen LogP contribution in [-0.2, 0) is 9.59 Å². The molecule has 0 unspecified atom stereocenters. The van der Waals surface area contributed by atoms with E-state index in [4.69, 9.17) is 0 Å². The van der Waals surface area contributed by atoms with Gasteiger partial charge in [0.1, 0.15) is 0 Å². The van der Waals surface area contributed by atoms with Gasteiger partial charge in [-0.15, -0.1) is 12.4 Å². The van der Waals surface area contributed by atoms with Gasteiger partial charge in [0.15, 0.2) is 0 Å². The SMILES string of the molecule is CNC(=O)CNC(=O)CNc1ccccc1.Cl. The van der Waals surface area contributed by atoms with Crippen molar-refractivity contribution in [3.63, 3.8) is 0 Å². The lowest BCUT2D eigenvalue weighted by Gasteiger charge is -2.06. The Balaban J connectivity index is 0.00000256. The van der Waals surface area contributed by atoms with Crippen LogP contribution >= 0.6 is 12.4 Å². The van der Waals surface area contributed by atoms with E-state index in [1.165, 1.54) is 7.05 Å². The first-order valence-corrected chi connectivity index (χ1v) is 4.98. The molecule has 1 rings (SSSR count). The first-order chi connectivity index (χ1) is 7.72. The molecule has 0 aliphatic rings. The summed E-state index contributed by atoms with van der Waals surface area (Å²) in [4.78, 5) is 22.1. The molecule has 0 aliphatic heterocycles. The second-order valence-electron chi connectivity index (χ2n) is 3.17. The zero-order valence-electron chi connectivity index (χ0n) is 9.53. The summed E-state index contributed by atoms with van der Waals surface area (Å²) >= 11 is 0. The van der Waals surface area contributed by atoms with Crippen LogP contribution < -0.4 is 16.0 Å². The lowest BCUT2D eigenvalue weighted by molar-refractivity contribution is -0.124. The molecule has 1 aromatic rings. The van der Waals surface area contributed by atoms with Gasteiger partial charge in [-0.3, -0.25) is 9.59 Å². The van der Waals surface area contributed by atoms with Crippen molar-refractivity contribution in [3.05, 3.63) is 30.3 Å². The standard InChI is InChI=1S/C11H15N3O2.ClH/c1-12-10(15)7-14-11(16)8-13-9-5-3-2-4-6-9;/h2-6,13H,7-8H2,1H3,(H,12,15)(H,14,16);1H. The van der Waals surface area contributed by atoms with E-state index in [2.05, 4.69) is 16.0 Å². The summed E-state index contributed by atoms with van der Waals surface area (Å²) in [5.74, 6) is -0.430. The zero-order valence-corrected chi connectivity index (χ0v) is 10.3. The van der Waals surface area contributed by atoms with E-state index in [-0.39, 0.29) is 37.3 Å². The Morgan fingerprint density at radius 1 is 1.06 bits per heavy atom. The van der Waals surface area contributed by atoms with Crippen molar-refractivity contribution in [1.82, 2.24) is 10.6 Å². The highest BCUT2D eigenvalue weighted by molar-refractivity contribution is 5.86. The molecular weight excluding hydrogens is 242 g/mol. The monoisotopic (exact) mass is 257 g/mol. The fourth-order valence-corrected chi connectivity index (χ4v) is 1.07. The molecule has 17 heavy (non-hydrogen) atoms. The summed E-state index contributed by atoms with van der Waals surface area (Å²) < 4.78 is 0. The first kappa shape index (κ1) is 15.2. The van der Waals surface area contributed by atoms with E-state index >= 15 is 0 Å². The van der Waals surface area contributed by atoms with Crippen molar-refractivity contribution >= 4 is 29.9 Å². The number of carbonyl (C=O) groups is 2. The molecule has 0 spiro atoms. The molecule has 0 saturated heterocycles. The molecule has 0 heterocycles. The molecule has 0 atom stereocenters. The number of amides is 2. The van der Waals surface area contributed by atoms with Crippen LogP contribution in [0.25, 0.3) is 0 Å². The van der Waals surface area contributed by atoms with Gasteiger partial charge in [0, 0.05) is 12.7 Å². The van der Waals surface area contributed by atoms with Crippen LogP contribution in [-0.4, -0.2) is 32.0 Å². The number of halogens is 1. The second-order valence-corrected chi connectivity index (χ2v) is 3.17. The van der Waals surface area contributed by atoms with Gasteiger partial charge in [-0.2, -0.15) is 0 Å². The molecule has 6 heteroatoms. The molecule has 0 aromatic heterocycles. The maximum absolute atomic E-state index is 11.3. The number of hydrogen-bond acceptors (Lipinski definition) is 3. The molecule has 0 aliphatic carbocycles. The topological polar surface area (TPSA) is 70.2 Å². The highest BCUT2D eigenvalue weighted by atomic mass is 35.5. The fourth-order valence-electron chi connectivity index (χ4n) is 1.07. The van der Waals surface area contributed by atoms with E-state index in [0.29, 0.717) is 0 Å². The Bertz CT molecular complexity index is 357. The third-order valence-corrected chi connectivity index (χ3v) is 1.95. The van der Waals surface area contributed by atoms with Gasteiger partial charge in [-0.05, 0) is 12.1 Å². The van der Waals surface area contributed by atoms with Crippen LogP contribution in [0.4, 0.5) is 5.69 Å². The lowest BCUT2D eigenvalue weighted by Crippen LogP contribution is -2.37. The summed E-state index contributed by atoms with van der Waals surface area (Å²) in [5.41, 5.74) is 0.873. The van der Waals surface area contributed by atoms with Crippen molar-refractivity contribution in [3.8, 4) is 0 Å². The highest BCUT2D eigenvalue weighted by Crippen LogP contribution is 2.03. The van der Waals surface area contributed by atoms with Gasteiger partial charge >= 0.3 is 0 Å². The minimum atomic E-state index is -0.215. The molecule has 3 N–H and O–H groups in total. The number of likely N-dealkylation sites (N-methyl/N-ethyl adjacent to an activating group) is 1. The Morgan fingerprint density at radius 2 is 1.71 bits per heavy atom. The Hall–Kier alpha value is -1.75. The van der Waals surface area contributed by atoms with Crippen molar-refractivity contribution in [1.29, 1.82) is 0 Å². The van der Waals surface area contributed by atoms with E-state index in [0.717, 1.165) is 5.69 Å². The quantitative estimate of drug-likeness (QED) is 0.714. The predicted octanol–water partition coefficient (Wildman–Crippen LogP) is 0.383. The van der Waals surface area contributed by atoms with Crippen LogP contribution in [0.3, 0.4) is 0 Å². The number of carbonyl (C=O) groups excluding carboxylic acids is 2. The molecular formula is C11H16ClN3O2. The van der Waals surface area contributed by atoms with Crippen LogP contribution in [0, 0.1) is 0 Å². The third-order valence-electron chi connectivity index (χ3n) is 1.95. The van der Waals surface area contributed by atoms with Crippen molar-refractivity contribution in [2.24, 2.45) is 0 Å². The molecule has 0 bridgehead atoms. The van der Waals surface area contributed by atoms with Crippen molar-refractivity contribution in [2.75, 3.05) is 25.5 Å². The number of para-hydroxylation sites is 1. The predicted molar refractivity (Wildman–Crippen MR) is 69.3 cm³/mol. The largest absolute Gasteiger partial charge is 0.376 e. The van der Waals surface area contributed by atoms with Crippen LogP contribution in [0.2, 0.25) is 0 Å². The van der Waals surface area contributed by atoms with Gasteiger partial charge in [0.2, 0.25) is 11.8 Å². The Morgan fingerprint density at radius 3 is 2.29 bits per heavy atom. The average molecular weight is 258 g/mol. The molecule has 1 aromatic carbocycles. The van der Waals surface area contributed by atoms with Crippen LogP contribution in [0.15, 0.2) is 30.3 Å². The summed E-state index contributed by atoms with van der Waals surface area (Å²) in [6.07, 6.45) is 0. The maximum Gasteiger partial charge on any atom is 0.239 e. The van der Waals surface area contributed by atoms with Crippen LogP contribution in [0.5, 0.6) is 0 Å². The maximum atomic E-state index is 11.3. The van der Waals surface area contributed by atoms with Crippen molar-refractivity contribution in [2.45, 2.75) is 0 Å². The smallest absolute Gasteiger partial charge is 0.239 e. The molecule has 0 fully saturated rings. The van der Waals surface area contributed by atoms with Gasteiger partial charge in [-0.25, -0.2) is 0 Å². The number of benzene rings is 1. The molecule has 94 valence electrons. The average Bonchev–Trinajstić information content (AvgIpc) is 2.34. The van der Waals surface area contributed by atoms with Gasteiger partial charge in [-0.1, -0.05) is 18.2 Å². The number of hydrogen-bond donors (Lipinski definition) is 3. The summed E-state index contributed by atoms with van der Waals surface area (Å²) in [6, 6.07) is 9.39. The first-order valence-electron chi connectivity index (χ1n) is 4.98. The van der Waals surface area contributed by atoms with Crippen molar-refractivity contribution < 1.29 is 9.59 Å². The summed E-state index contributed by atoms with van der Waals surface area (Å²) in [5, 5.41) is 7.85. The Kier molecular flexibility index (Phi) is 7.54. The molecule has 5 nitrogen and oxygen atoms in total. The second kappa shape index (κ2) is 8.41. The number of anilines is 1. The van der Waals surface area contributed by atoms with E-state index in [9.17, 15) is 9.59 Å². The van der Waals surface area contributed by atoms with Gasteiger partial charge in [0.25, 0.3) is 0 Å². The minimum absolute atomic E-state index is 0. The van der Waals surface area contributed by atoms with Crippen LogP contribution in [0.1, 0.15) is 0 Å². The molecule has 0 saturated carbocycles. The highest BCUT2D eigenvalue weighted by Gasteiger charge is 2.02. The number of nitrogens with one attached hydrogen (secondary N) is 3. The van der Waals surface area contributed by atoms with E-state index in [1.54, 1.807) is 0 Å². The lowest BCUT2D eigenvalue weighted by atomic mass is 10.3. The third kappa shape index (κ3) is 6.42. The normalized spacial score (nSPS) is 8.76. The van der Waals surface area contributed by atoms with Gasteiger partial charge < -0.3 is 16.0 Å². The summed E-state index contributed by atoms with van der Waals surface area (Å²) in [7, 11) is 1.52. The number of rotatable bonds is 5. The van der Waals surface area contributed by atoms with E-state index < -0.39 is 0 Å². The fraction of sp³-hybridized carbons (Fsp3) is 0.273. The minimum Gasteiger partial charge on any atom is -0.376 e. The molecule has 0 radical (unpaired) electrons. The molecule has 2 amide bonds.